The van der Waals surface area contributed by atoms with Crippen molar-refractivity contribution in [1.82, 2.24) is 4.98 Å². The third-order valence-electron chi connectivity index (χ3n) is 3.88. The molecule has 1 aromatic carbocycles. The van der Waals surface area contributed by atoms with Gasteiger partial charge in [0.2, 0.25) is 0 Å². The van der Waals surface area contributed by atoms with Crippen molar-refractivity contribution in [3.05, 3.63) is 32.9 Å². The summed E-state index contributed by atoms with van der Waals surface area (Å²) < 4.78 is 0. The second-order valence-corrected chi connectivity index (χ2v) is 6.29. The molecular formula is C14H14Cl3N3. The van der Waals surface area contributed by atoms with Crippen LogP contribution in [0.5, 0.6) is 0 Å². The standard InChI is InChI=1S/C14H14Cl3N3/c15-8-5-9(16)14-12(13(8)17)11(20-18)6-10(19-14)7-3-1-2-4-7/h5-7H,1-4,18H2,(H,19,20). The van der Waals surface area contributed by atoms with Crippen molar-refractivity contribution in [3.63, 3.8) is 0 Å². The monoisotopic (exact) mass is 329 g/mol. The third-order valence-corrected chi connectivity index (χ3v) is 4.95. The Bertz CT molecular complexity index is 666. The van der Waals surface area contributed by atoms with Crippen LogP contribution in [0.3, 0.4) is 0 Å². The number of anilines is 1. The van der Waals surface area contributed by atoms with Crippen molar-refractivity contribution in [1.29, 1.82) is 0 Å². The molecule has 20 heavy (non-hydrogen) atoms. The maximum atomic E-state index is 6.27. The van der Waals surface area contributed by atoms with Gasteiger partial charge in [-0.3, -0.25) is 10.8 Å². The van der Waals surface area contributed by atoms with E-state index in [1.54, 1.807) is 6.07 Å². The summed E-state index contributed by atoms with van der Waals surface area (Å²) in [4.78, 5) is 4.70. The van der Waals surface area contributed by atoms with Gasteiger partial charge in [-0.15, -0.1) is 0 Å². The average Bonchev–Trinajstić information content (AvgIpc) is 2.97. The first-order chi connectivity index (χ1) is 9.61. The molecule has 1 aliphatic carbocycles. The van der Waals surface area contributed by atoms with E-state index in [-0.39, 0.29) is 0 Å². The highest BCUT2D eigenvalue weighted by atomic mass is 35.5. The molecule has 3 rings (SSSR count). The van der Waals surface area contributed by atoms with Crippen LogP contribution >= 0.6 is 34.8 Å². The fourth-order valence-corrected chi connectivity index (χ4v) is 3.62. The molecule has 0 unspecified atom stereocenters. The van der Waals surface area contributed by atoms with Crippen LogP contribution in [0, 0.1) is 0 Å². The summed E-state index contributed by atoms with van der Waals surface area (Å²) in [5, 5.41) is 1.99. The first-order valence-corrected chi connectivity index (χ1v) is 7.70. The first-order valence-electron chi connectivity index (χ1n) is 6.56. The van der Waals surface area contributed by atoms with Crippen molar-refractivity contribution >= 4 is 51.4 Å². The highest BCUT2D eigenvalue weighted by Crippen LogP contribution is 2.41. The Labute approximate surface area is 132 Å². The lowest BCUT2D eigenvalue weighted by molar-refractivity contribution is 0.701. The number of hydrazine groups is 1. The summed E-state index contributed by atoms with van der Waals surface area (Å²) in [5.74, 6) is 6.10. The van der Waals surface area contributed by atoms with Gasteiger partial charge in [-0.1, -0.05) is 47.6 Å². The lowest BCUT2D eigenvalue weighted by Crippen LogP contribution is -2.09. The molecule has 3 N–H and O–H groups in total. The summed E-state index contributed by atoms with van der Waals surface area (Å²) in [6.07, 6.45) is 4.79. The summed E-state index contributed by atoms with van der Waals surface area (Å²) in [7, 11) is 0. The largest absolute Gasteiger partial charge is 0.323 e. The molecule has 0 atom stereocenters. The van der Waals surface area contributed by atoms with Crippen LogP contribution in [0.2, 0.25) is 15.1 Å². The summed E-state index contributed by atoms with van der Waals surface area (Å²) in [5.41, 5.74) is 5.07. The van der Waals surface area contributed by atoms with Crippen LogP contribution in [0.4, 0.5) is 5.69 Å². The second kappa shape index (κ2) is 5.57. The number of nitrogen functional groups attached to an aromatic ring is 1. The molecular weight excluding hydrogens is 317 g/mol. The van der Waals surface area contributed by atoms with Crippen molar-refractivity contribution in [3.8, 4) is 0 Å². The number of hydrogen-bond acceptors (Lipinski definition) is 3. The number of halogens is 3. The Hall–Kier alpha value is -0.740. The second-order valence-electron chi connectivity index (χ2n) is 5.10. The Morgan fingerprint density at radius 1 is 1.10 bits per heavy atom. The van der Waals surface area contributed by atoms with Crippen molar-refractivity contribution in [2.75, 3.05) is 5.43 Å². The number of rotatable bonds is 2. The van der Waals surface area contributed by atoms with E-state index in [9.17, 15) is 0 Å². The maximum Gasteiger partial charge on any atom is 0.0928 e. The lowest BCUT2D eigenvalue weighted by Gasteiger charge is -2.15. The molecule has 0 amide bonds. The van der Waals surface area contributed by atoms with Gasteiger partial charge in [-0.2, -0.15) is 0 Å². The molecule has 1 fully saturated rings. The number of benzene rings is 1. The number of hydrogen-bond donors (Lipinski definition) is 2. The Morgan fingerprint density at radius 2 is 1.80 bits per heavy atom. The third kappa shape index (κ3) is 2.33. The fourth-order valence-electron chi connectivity index (χ4n) is 2.87. The highest BCUT2D eigenvalue weighted by molar-refractivity contribution is 6.48. The topological polar surface area (TPSA) is 50.9 Å². The minimum Gasteiger partial charge on any atom is -0.323 e. The van der Waals surface area contributed by atoms with E-state index in [0.29, 0.717) is 37.6 Å². The minimum absolute atomic E-state index is 0.399. The van der Waals surface area contributed by atoms with Gasteiger partial charge in [0.25, 0.3) is 0 Å². The first kappa shape index (κ1) is 14.2. The predicted molar refractivity (Wildman–Crippen MR) is 85.8 cm³/mol. The van der Waals surface area contributed by atoms with E-state index in [2.05, 4.69) is 5.43 Å². The number of fused-ring (bicyclic) bond motifs is 1. The van der Waals surface area contributed by atoms with Gasteiger partial charge in [0.15, 0.2) is 0 Å². The van der Waals surface area contributed by atoms with E-state index < -0.39 is 0 Å². The Morgan fingerprint density at radius 3 is 2.45 bits per heavy atom. The highest BCUT2D eigenvalue weighted by Gasteiger charge is 2.22. The zero-order valence-electron chi connectivity index (χ0n) is 10.7. The molecule has 1 aromatic heterocycles. The lowest BCUT2D eigenvalue weighted by atomic mass is 10.0. The van der Waals surface area contributed by atoms with Gasteiger partial charge in [0.05, 0.1) is 26.3 Å². The Kier molecular flexibility index (Phi) is 3.95. The number of aromatic nitrogens is 1. The predicted octanol–water partition coefficient (Wildman–Crippen LogP) is 5.14. The van der Waals surface area contributed by atoms with E-state index in [4.69, 9.17) is 45.6 Å². The van der Waals surface area contributed by atoms with Crippen molar-refractivity contribution in [2.24, 2.45) is 5.84 Å². The zero-order chi connectivity index (χ0) is 14.3. The zero-order valence-corrected chi connectivity index (χ0v) is 13.0. The molecule has 0 aliphatic heterocycles. The smallest absolute Gasteiger partial charge is 0.0928 e. The van der Waals surface area contributed by atoms with E-state index in [1.807, 2.05) is 6.07 Å². The van der Waals surface area contributed by atoms with Crippen LogP contribution < -0.4 is 11.3 Å². The van der Waals surface area contributed by atoms with Crippen LogP contribution in [-0.4, -0.2) is 4.98 Å². The molecule has 3 nitrogen and oxygen atoms in total. The Balaban J connectivity index is 2.28. The molecule has 1 aliphatic rings. The minimum atomic E-state index is 0.399. The van der Waals surface area contributed by atoms with E-state index in [0.717, 1.165) is 18.5 Å². The quantitative estimate of drug-likeness (QED) is 0.455. The van der Waals surface area contributed by atoms with Crippen molar-refractivity contribution < 1.29 is 0 Å². The number of nitrogens with one attached hydrogen (secondary N) is 1. The number of pyridine rings is 1. The van der Waals surface area contributed by atoms with Gasteiger partial charge in [0, 0.05) is 17.0 Å². The molecule has 0 spiro atoms. The van der Waals surface area contributed by atoms with Crippen LogP contribution in [0.25, 0.3) is 10.9 Å². The molecule has 1 saturated carbocycles. The summed E-state index contributed by atoms with van der Waals surface area (Å²) in [6, 6.07) is 3.58. The van der Waals surface area contributed by atoms with Gasteiger partial charge in [-0.25, -0.2) is 0 Å². The summed E-state index contributed by atoms with van der Waals surface area (Å²) >= 11 is 18.6. The molecule has 106 valence electrons. The van der Waals surface area contributed by atoms with Gasteiger partial charge in [-0.05, 0) is 25.0 Å². The number of nitrogens with zero attached hydrogens (tertiary/aromatic N) is 1. The molecule has 1 heterocycles. The molecule has 2 aromatic rings. The van der Waals surface area contributed by atoms with Gasteiger partial charge in [0.1, 0.15) is 0 Å². The average molecular weight is 331 g/mol. The molecule has 0 radical (unpaired) electrons. The molecule has 6 heteroatoms. The van der Waals surface area contributed by atoms with Crippen LogP contribution in [-0.2, 0) is 0 Å². The van der Waals surface area contributed by atoms with E-state index >= 15 is 0 Å². The van der Waals surface area contributed by atoms with Crippen LogP contribution in [0.1, 0.15) is 37.3 Å². The normalized spacial score (nSPS) is 16.0. The van der Waals surface area contributed by atoms with Crippen molar-refractivity contribution in [2.45, 2.75) is 31.6 Å². The van der Waals surface area contributed by atoms with E-state index in [1.165, 1.54) is 12.8 Å². The maximum absolute atomic E-state index is 6.27. The molecule has 0 bridgehead atoms. The fraction of sp³-hybridized carbons (Fsp3) is 0.357. The van der Waals surface area contributed by atoms with Gasteiger partial charge >= 0.3 is 0 Å². The number of nitrogens with two attached hydrogens (primary N) is 1. The summed E-state index contributed by atoms with van der Waals surface area (Å²) in [6.45, 7) is 0. The van der Waals surface area contributed by atoms with Gasteiger partial charge < -0.3 is 5.43 Å². The SMILES string of the molecule is NNc1cc(C2CCCC2)nc2c(Cl)cc(Cl)c(Cl)c12. The van der Waals surface area contributed by atoms with Crippen LogP contribution in [0.15, 0.2) is 12.1 Å². The molecule has 0 saturated heterocycles.